The van der Waals surface area contributed by atoms with E-state index in [1.165, 1.54) is 0 Å². The van der Waals surface area contributed by atoms with E-state index in [0.717, 1.165) is 17.0 Å². The van der Waals surface area contributed by atoms with Crippen molar-refractivity contribution in [2.45, 2.75) is 5.92 Å². The normalized spacial score (nSPS) is 15.7. The molecule has 3 aromatic rings. The number of ether oxygens (including phenoxy) is 1. The molecule has 23 heavy (non-hydrogen) atoms. The van der Waals surface area contributed by atoms with Gasteiger partial charge in [0.15, 0.2) is 0 Å². The highest BCUT2D eigenvalue weighted by molar-refractivity contribution is 5.95. The summed E-state index contributed by atoms with van der Waals surface area (Å²) in [5.41, 5.74) is 1.78. The van der Waals surface area contributed by atoms with E-state index >= 15 is 0 Å². The van der Waals surface area contributed by atoms with Gasteiger partial charge in [-0.05, 0) is 18.2 Å². The van der Waals surface area contributed by atoms with E-state index in [-0.39, 0.29) is 11.8 Å². The van der Waals surface area contributed by atoms with Crippen LogP contribution in [0.3, 0.4) is 0 Å². The average Bonchev–Trinajstić information content (AvgIpc) is 3.22. The predicted octanol–water partition coefficient (Wildman–Crippen LogP) is 2.38. The monoisotopic (exact) mass is 306 g/mol. The molecule has 0 spiro atoms. The minimum Gasteiger partial charge on any atom is -0.492 e. The summed E-state index contributed by atoms with van der Waals surface area (Å²) >= 11 is 0. The van der Waals surface area contributed by atoms with E-state index in [9.17, 15) is 4.79 Å². The van der Waals surface area contributed by atoms with Crippen molar-refractivity contribution in [2.75, 3.05) is 11.9 Å². The van der Waals surface area contributed by atoms with Gasteiger partial charge in [0.2, 0.25) is 11.9 Å². The van der Waals surface area contributed by atoms with Crippen molar-refractivity contribution in [1.29, 1.82) is 0 Å². The zero-order valence-electron chi connectivity index (χ0n) is 12.2. The standard InChI is InChI=1S/C17H14N4O2/c22-16(14-10-23-15-9-5-4-8-13(14)15)19-17-20-18-11-21(17)12-6-2-1-3-7-12/h1-9,11,14H,10H2,(H,19,20,22)/t14-/m1/s1. The molecule has 0 aliphatic carbocycles. The molecule has 6 nitrogen and oxygen atoms in total. The van der Waals surface area contributed by atoms with Crippen LogP contribution in [0.15, 0.2) is 60.9 Å². The summed E-state index contributed by atoms with van der Waals surface area (Å²) in [4.78, 5) is 12.6. The zero-order chi connectivity index (χ0) is 15.6. The quantitative estimate of drug-likeness (QED) is 0.806. The Kier molecular flexibility index (Phi) is 3.27. The maximum absolute atomic E-state index is 12.6. The van der Waals surface area contributed by atoms with Gasteiger partial charge < -0.3 is 4.74 Å². The van der Waals surface area contributed by atoms with Crippen LogP contribution in [0.1, 0.15) is 11.5 Å². The molecular formula is C17H14N4O2. The second-order valence-corrected chi connectivity index (χ2v) is 5.25. The molecule has 114 valence electrons. The van der Waals surface area contributed by atoms with Crippen molar-refractivity contribution >= 4 is 11.9 Å². The molecule has 1 N–H and O–H groups in total. The highest BCUT2D eigenvalue weighted by atomic mass is 16.5. The molecular weight excluding hydrogens is 292 g/mol. The maximum atomic E-state index is 12.6. The first-order valence-corrected chi connectivity index (χ1v) is 7.31. The van der Waals surface area contributed by atoms with Crippen molar-refractivity contribution in [3.63, 3.8) is 0 Å². The number of aromatic nitrogens is 3. The van der Waals surface area contributed by atoms with Gasteiger partial charge >= 0.3 is 0 Å². The fourth-order valence-corrected chi connectivity index (χ4v) is 2.67. The molecule has 0 unspecified atom stereocenters. The third kappa shape index (κ3) is 2.44. The molecule has 0 bridgehead atoms. The highest BCUT2D eigenvalue weighted by Gasteiger charge is 2.30. The topological polar surface area (TPSA) is 69.0 Å². The molecule has 0 fully saturated rings. The first-order chi connectivity index (χ1) is 11.3. The van der Waals surface area contributed by atoms with Crippen molar-refractivity contribution in [3.05, 3.63) is 66.5 Å². The smallest absolute Gasteiger partial charge is 0.237 e. The minimum atomic E-state index is -0.341. The first kappa shape index (κ1) is 13.5. The molecule has 1 aliphatic rings. The third-order valence-corrected chi connectivity index (χ3v) is 3.83. The second kappa shape index (κ2) is 5.57. The van der Waals surface area contributed by atoms with Gasteiger partial charge in [-0.15, -0.1) is 10.2 Å². The number of hydrogen-bond acceptors (Lipinski definition) is 4. The number of rotatable bonds is 3. The molecule has 0 saturated carbocycles. The fourth-order valence-electron chi connectivity index (χ4n) is 2.67. The Bertz CT molecular complexity index is 845. The number of carbonyl (C=O) groups is 1. The average molecular weight is 306 g/mol. The van der Waals surface area contributed by atoms with Gasteiger partial charge in [0.25, 0.3) is 0 Å². The van der Waals surface area contributed by atoms with Crippen LogP contribution in [0, 0.1) is 0 Å². The lowest BCUT2D eigenvalue weighted by molar-refractivity contribution is -0.117. The molecule has 2 heterocycles. The van der Waals surface area contributed by atoms with E-state index in [4.69, 9.17) is 4.74 Å². The van der Waals surface area contributed by atoms with Crippen LogP contribution in [-0.4, -0.2) is 27.3 Å². The van der Waals surface area contributed by atoms with Gasteiger partial charge in [-0.25, -0.2) is 0 Å². The van der Waals surface area contributed by atoms with Crippen molar-refractivity contribution < 1.29 is 9.53 Å². The minimum absolute atomic E-state index is 0.153. The van der Waals surface area contributed by atoms with Crippen LogP contribution < -0.4 is 10.1 Å². The van der Waals surface area contributed by atoms with Crippen molar-refractivity contribution in [1.82, 2.24) is 14.8 Å². The highest BCUT2D eigenvalue weighted by Crippen LogP contribution is 2.34. The van der Waals surface area contributed by atoms with Gasteiger partial charge in [0.1, 0.15) is 24.6 Å². The molecule has 1 amide bonds. The van der Waals surface area contributed by atoms with E-state index in [1.807, 2.05) is 54.6 Å². The molecule has 2 aromatic carbocycles. The molecule has 1 aromatic heterocycles. The number of fused-ring (bicyclic) bond motifs is 1. The number of nitrogens with one attached hydrogen (secondary N) is 1. The number of nitrogens with zero attached hydrogens (tertiary/aromatic N) is 3. The van der Waals surface area contributed by atoms with Crippen molar-refractivity contribution in [2.24, 2.45) is 0 Å². The van der Waals surface area contributed by atoms with Crippen LogP contribution in [0.25, 0.3) is 5.69 Å². The van der Waals surface area contributed by atoms with Crippen LogP contribution >= 0.6 is 0 Å². The Hall–Kier alpha value is -3.15. The Morgan fingerprint density at radius 2 is 1.91 bits per heavy atom. The lowest BCUT2D eigenvalue weighted by Crippen LogP contribution is -2.24. The van der Waals surface area contributed by atoms with Gasteiger partial charge in [-0.2, -0.15) is 0 Å². The van der Waals surface area contributed by atoms with E-state index in [0.29, 0.717) is 12.6 Å². The van der Waals surface area contributed by atoms with Crippen LogP contribution in [0.4, 0.5) is 5.95 Å². The number of carbonyl (C=O) groups excluding carboxylic acids is 1. The summed E-state index contributed by atoms with van der Waals surface area (Å²) in [6.07, 6.45) is 1.57. The van der Waals surface area contributed by atoms with E-state index in [2.05, 4.69) is 15.5 Å². The number of anilines is 1. The maximum Gasteiger partial charge on any atom is 0.237 e. The SMILES string of the molecule is O=C(Nc1nncn1-c1ccccc1)[C@@H]1COc2ccccc21. The Balaban J connectivity index is 1.58. The number of amides is 1. The Labute approximate surface area is 132 Å². The Morgan fingerprint density at radius 1 is 1.13 bits per heavy atom. The van der Waals surface area contributed by atoms with Crippen LogP contribution in [-0.2, 0) is 4.79 Å². The summed E-state index contributed by atoms with van der Waals surface area (Å²) in [5.74, 6) is 0.662. The molecule has 6 heteroatoms. The van der Waals surface area contributed by atoms with Gasteiger partial charge in [0.05, 0.1) is 5.69 Å². The molecule has 1 atom stereocenters. The fraction of sp³-hybridized carbons (Fsp3) is 0.118. The Morgan fingerprint density at radius 3 is 2.78 bits per heavy atom. The molecule has 0 radical (unpaired) electrons. The molecule has 0 saturated heterocycles. The summed E-state index contributed by atoms with van der Waals surface area (Å²) in [5, 5.41) is 10.7. The van der Waals surface area contributed by atoms with E-state index in [1.54, 1.807) is 10.9 Å². The van der Waals surface area contributed by atoms with Gasteiger partial charge in [0, 0.05) is 5.56 Å². The van der Waals surface area contributed by atoms with Crippen molar-refractivity contribution in [3.8, 4) is 11.4 Å². The first-order valence-electron chi connectivity index (χ1n) is 7.31. The summed E-state index contributed by atoms with van der Waals surface area (Å²) in [7, 11) is 0. The summed E-state index contributed by atoms with van der Waals surface area (Å²) < 4.78 is 7.30. The van der Waals surface area contributed by atoms with Gasteiger partial charge in [-0.3, -0.25) is 14.7 Å². The summed E-state index contributed by atoms with van der Waals surface area (Å²) in [6, 6.07) is 17.2. The molecule has 1 aliphatic heterocycles. The number of hydrogen-bond donors (Lipinski definition) is 1. The largest absolute Gasteiger partial charge is 0.492 e. The molecule has 4 rings (SSSR count). The lowest BCUT2D eigenvalue weighted by atomic mass is 10.0. The number of para-hydroxylation sites is 2. The van der Waals surface area contributed by atoms with Crippen LogP contribution in [0.2, 0.25) is 0 Å². The lowest BCUT2D eigenvalue weighted by Gasteiger charge is -2.11. The third-order valence-electron chi connectivity index (χ3n) is 3.83. The zero-order valence-corrected chi connectivity index (χ0v) is 12.2. The number of benzene rings is 2. The van der Waals surface area contributed by atoms with Gasteiger partial charge in [-0.1, -0.05) is 36.4 Å². The predicted molar refractivity (Wildman–Crippen MR) is 84.7 cm³/mol. The van der Waals surface area contributed by atoms with E-state index < -0.39 is 0 Å². The second-order valence-electron chi connectivity index (χ2n) is 5.25. The summed E-state index contributed by atoms with van der Waals surface area (Å²) in [6.45, 7) is 0.338. The van der Waals surface area contributed by atoms with Crippen LogP contribution in [0.5, 0.6) is 5.75 Å².